The summed E-state index contributed by atoms with van der Waals surface area (Å²) in [6.07, 6.45) is 2.21. The molecule has 1 aromatic rings. The lowest BCUT2D eigenvalue weighted by molar-refractivity contribution is -0.136. The Morgan fingerprint density at radius 3 is 2.53 bits per heavy atom. The van der Waals surface area contributed by atoms with E-state index in [0.29, 0.717) is 6.04 Å². The molecule has 19 heavy (non-hydrogen) atoms. The number of carbonyl (C=O) groups is 2. The van der Waals surface area contributed by atoms with Crippen molar-refractivity contribution in [3.8, 4) is 0 Å². The number of carboxylic acids is 1. The second-order valence-electron chi connectivity index (χ2n) is 4.76. The van der Waals surface area contributed by atoms with Crippen LogP contribution >= 0.6 is 11.8 Å². The van der Waals surface area contributed by atoms with Gasteiger partial charge >= 0.3 is 5.97 Å². The van der Waals surface area contributed by atoms with Crippen LogP contribution in [0.5, 0.6) is 0 Å². The van der Waals surface area contributed by atoms with Crippen molar-refractivity contribution in [2.75, 3.05) is 0 Å². The molecule has 1 unspecified atom stereocenters. The summed E-state index contributed by atoms with van der Waals surface area (Å²) in [7, 11) is 0. The van der Waals surface area contributed by atoms with Gasteiger partial charge in [-0.2, -0.15) is 0 Å². The fraction of sp³-hybridized carbons (Fsp3) is 0.429. The minimum Gasteiger partial charge on any atom is -0.481 e. The Balaban J connectivity index is 1.87. The molecule has 0 heterocycles. The molecule has 0 bridgehead atoms. The lowest BCUT2D eigenvalue weighted by Crippen LogP contribution is -2.32. The third-order valence-electron chi connectivity index (χ3n) is 2.88. The molecule has 2 N–H and O–H groups in total. The van der Waals surface area contributed by atoms with Gasteiger partial charge in [0.05, 0.1) is 11.7 Å². The van der Waals surface area contributed by atoms with Gasteiger partial charge in [-0.3, -0.25) is 9.59 Å². The Morgan fingerprint density at radius 1 is 1.37 bits per heavy atom. The summed E-state index contributed by atoms with van der Waals surface area (Å²) in [6.45, 7) is 1.88. The number of rotatable bonds is 6. The number of aliphatic carboxylic acids is 1. The molecule has 1 saturated carbocycles. The highest BCUT2D eigenvalue weighted by Crippen LogP contribution is 2.25. The van der Waals surface area contributed by atoms with Crippen LogP contribution in [0.15, 0.2) is 29.2 Å². The van der Waals surface area contributed by atoms with Crippen molar-refractivity contribution in [3.63, 3.8) is 0 Å². The second kappa shape index (κ2) is 6.10. The molecule has 1 amide bonds. The van der Waals surface area contributed by atoms with Gasteiger partial charge in [0.2, 0.25) is 5.91 Å². The number of carbonyl (C=O) groups excluding carboxylic acids is 1. The maximum atomic E-state index is 11.8. The average molecular weight is 279 g/mol. The number of benzene rings is 1. The van der Waals surface area contributed by atoms with Crippen molar-refractivity contribution in [1.29, 1.82) is 0 Å². The van der Waals surface area contributed by atoms with E-state index >= 15 is 0 Å². The van der Waals surface area contributed by atoms with Crippen LogP contribution in [0.4, 0.5) is 0 Å². The Bertz CT molecular complexity index is 468. The number of nitrogens with one attached hydrogen (secondary N) is 1. The number of thioether (sulfide) groups is 1. The topological polar surface area (TPSA) is 66.4 Å². The fourth-order valence-corrected chi connectivity index (χ4v) is 2.54. The van der Waals surface area contributed by atoms with Crippen LogP contribution in [-0.2, 0) is 16.0 Å². The standard InChI is InChI=1S/C14H17NO3S/c1-9(14(18)15-11-4-5-11)19-12-6-2-10(3-7-12)8-13(16)17/h2-3,6-7,9,11H,4-5,8H2,1H3,(H,15,18)(H,16,17). The summed E-state index contributed by atoms with van der Waals surface area (Å²) in [5, 5.41) is 11.5. The SMILES string of the molecule is CC(Sc1ccc(CC(=O)O)cc1)C(=O)NC1CC1. The molecular formula is C14H17NO3S. The Hall–Kier alpha value is -1.49. The van der Waals surface area contributed by atoms with Crippen LogP contribution in [-0.4, -0.2) is 28.3 Å². The van der Waals surface area contributed by atoms with Crippen molar-refractivity contribution in [1.82, 2.24) is 5.32 Å². The van der Waals surface area contributed by atoms with Crippen LogP contribution in [0.2, 0.25) is 0 Å². The van der Waals surface area contributed by atoms with E-state index in [9.17, 15) is 9.59 Å². The molecule has 1 aliphatic carbocycles. The van der Waals surface area contributed by atoms with Crippen LogP contribution in [0, 0.1) is 0 Å². The van der Waals surface area contributed by atoms with Crippen molar-refractivity contribution in [2.45, 2.75) is 42.4 Å². The molecule has 2 rings (SSSR count). The highest BCUT2D eigenvalue weighted by molar-refractivity contribution is 8.00. The third kappa shape index (κ3) is 4.59. The highest BCUT2D eigenvalue weighted by Gasteiger charge is 2.25. The summed E-state index contributed by atoms with van der Waals surface area (Å²) >= 11 is 1.49. The Morgan fingerprint density at radius 2 is 2.00 bits per heavy atom. The second-order valence-corrected chi connectivity index (χ2v) is 6.17. The summed E-state index contributed by atoms with van der Waals surface area (Å²) in [4.78, 5) is 23.4. The number of carboxylic acid groups (broad SMARTS) is 1. The van der Waals surface area contributed by atoms with Crippen LogP contribution in [0.25, 0.3) is 0 Å². The van der Waals surface area contributed by atoms with Gasteiger partial charge in [0.25, 0.3) is 0 Å². The minimum atomic E-state index is -0.836. The zero-order chi connectivity index (χ0) is 13.8. The van der Waals surface area contributed by atoms with E-state index in [4.69, 9.17) is 5.11 Å². The van der Waals surface area contributed by atoms with Gasteiger partial charge in [0.15, 0.2) is 0 Å². The van der Waals surface area contributed by atoms with Gasteiger partial charge in [-0.15, -0.1) is 11.8 Å². The molecule has 1 aliphatic rings. The van der Waals surface area contributed by atoms with E-state index < -0.39 is 5.97 Å². The molecule has 5 heteroatoms. The van der Waals surface area contributed by atoms with Gasteiger partial charge in [0, 0.05) is 10.9 Å². The van der Waals surface area contributed by atoms with Crippen LogP contribution in [0.3, 0.4) is 0 Å². The number of hydrogen-bond donors (Lipinski definition) is 2. The maximum Gasteiger partial charge on any atom is 0.307 e. The van der Waals surface area contributed by atoms with E-state index in [-0.39, 0.29) is 17.6 Å². The Labute approximate surface area is 116 Å². The molecule has 0 saturated heterocycles. The van der Waals surface area contributed by atoms with E-state index in [1.165, 1.54) is 11.8 Å². The molecule has 0 spiro atoms. The maximum absolute atomic E-state index is 11.8. The van der Waals surface area contributed by atoms with Crippen LogP contribution in [0.1, 0.15) is 25.3 Å². The van der Waals surface area contributed by atoms with Crippen molar-refractivity contribution in [2.24, 2.45) is 0 Å². The number of amides is 1. The first kappa shape index (κ1) is 13.9. The normalized spacial score (nSPS) is 15.8. The first-order chi connectivity index (χ1) is 9.04. The van der Waals surface area contributed by atoms with E-state index in [1.807, 2.05) is 19.1 Å². The summed E-state index contributed by atoms with van der Waals surface area (Å²) in [6, 6.07) is 7.70. The fourth-order valence-electron chi connectivity index (χ4n) is 1.66. The zero-order valence-electron chi connectivity index (χ0n) is 10.8. The minimum absolute atomic E-state index is 0.0304. The number of hydrogen-bond acceptors (Lipinski definition) is 3. The van der Waals surface area contributed by atoms with Gasteiger partial charge in [-0.1, -0.05) is 12.1 Å². The summed E-state index contributed by atoms with van der Waals surface area (Å²) < 4.78 is 0. The monoisotopic (exact) mass is 279 g/mol. The predicted molar refractivity (Wildman–Crippen MR) is 74.3 cm³/mol. The van der Waals surface area contributed by atoms with E-state index in [2.05, 4.69) is 5.32 Å². The van der Waals surface area contributed by atoms with Crippen molar-refractivity contribution in [3.05, 3.63) is 29.8 Å². The van der Waals surface area contributed by atoms with Gasteiger partial charge in [-0.05, 0) is 37.5 Å². The van der Waals surface area contributed by atoms with E-state index in [0.717, 1.165) is 23.3 Å². The van der Waals surface area contributed by atoms with Gasteiger partial charge < -0.3 is 10.4 Å². The molecule has 4 nitrogen and oxygen atoms in total. The molecule has 0 aromatic heterocycles. The summed E-state index contributed by atoms with van der Waals surface area (Å²) in [5.41, 5.74) is 0.770. The molecule has 102 valence electrons. The summed E-state index contributed by atoms with van der Waals surface area (Å²) in [5.74, 6) is -0.764. The molecule has 1 atom stereocenters. The molecular weight excluding hydrogens is 262 g/mol. The lowest BCUT2D eigenvalue weighted by Gasteiger charge is -2.11. The molecule has 1 fully saturated rings. The third-order valence-corrected chi connectivity index (χ3v) is 4.00. The lowest BCUT2D eigenvalue weighted by atomic mass is 10.2. The zero-order valence-corrected chi connectivity index (χ0v) is 11.6. The molecule has 0 radical (unpaired) electrons. The van der Waals surface area contributed by atoms with Crippen molar-refractivity contribution < 1.29 is 14.7 Å². The Kier molecular flexibility index (Phi) is 4.47. The highest BCUT2D eigenvalue weighted by atomic mass is 32.2. The quantitative estimate of drug-likeness (QED) is 0.782. The molecule has 1 aromatic carbocycles. The van der Waals surface area contributed by atoms with E-state index in [1.54, 1.807) is 12.1 Å². The predicted octanol–water partition coefficient (Wildman–Crippen LogP) is 2.07. The van der Waals surface area contributed by atoms with Crippen molar-refractivity contribution >= 4 is 23.6 Å². The smallest absolute Gasteiger partial charge is 0.307 e. The molecule has 0 aliphatic heterocycles. The average Bonchev–Trinajstić information content (AvgIpc) is 3.14. The first-order valence-electron chi connectivity index (χ1n) is 6.32. The van der Waals surface area contributed by atoms with Gasteiger partial charge in [-0.25, -0.2) is 0 Å². The first-order valence-corrected chi connectivity index (χ1v) is 7.20. The van der Waals surface area contributed by atoms with Gasteiger partial charge in [0.1, 0.15) is 0 Å². The largest absolute Gasteiger partial charge is 0.481 e. The van der Waals surface area contributed by atoms with Crippen LogP contribution < -0.4 is 5.32 Å².